The van der Waals surface area contributed by atoms with Gasteiger partial charge in [0.1, 0.15) is 11.6 Å². The molecule has 1 aromatic heterocycles. The van der Waals surface area contributed by atoms with Crippen LogP contribution < -0.4 is 0 Å². The molecule has 0 radical (unpaired) electrons. The van der Waals surface area contributed by atoms with E-state index in [1.165, 1.54) is 12.1 Å². The zero-order valence-corrected chi connectivity index (χ0v) is 15.2. The molecule has 0 aliphatic rings. The molecule has 0 unspecified atom stereocenters. The molecule has 0 saturated carbocycles. The highest BCUT2D eigenvalue weighted by molar-refractivity contribution is 5.14. The molecular weight excluding hydrogens is 280 g/mol. The maximum Gasteiger partial charge on any atom is 0.144 e. The first-order chi connectivity index (χ1) is 10.6. The molecule has 2 rings (SSSR count). The Labute approximate surface area is 135 Å². The van der Waals surface area contributed by atoms with Gasteiger partial charge in [-0.25, -0.2) is 8.78 Å². The molecular formula is C19H31F2N. The van der Waals surface area contributed by atoms with Crippen LogP contribution in [-0.4, -0.2) is 4.98 Å². The smallest absolute Gasteiger partial charge is 0.144 e. The summed E-state index contributed by atoms with van der Waals surface area (Å²) in [7, 11) is 0. The van der Waals surface area contributed by atoms with Crippen LogP contribution in [0.3, 0.4) is 0 Å². The molecule has 0 aliphatic carbocycles. The Bertz CT molecular complexity index is 371. The lowest BCUT2D eigenvalue weighted by molar-refractivity contribution is 0.610. The Balaban J connectivity index is -0.000000246. The van der Waals surface area contributed by atoms with Gasteiger partial charge in [0.15, 0.2) is 0 Å². The third-order valence-electron chi connectivity index (χ3n) is 2.02. The fraction of sp³-hybridized carbons (Fsp3) is 0.421. The number of nitrogens with zero attached hydrogens (tertiary/aromatic N) is 1. The van der Waals surface area contributed by atoms with Crippen molar-refractivity contribution in [3.8, 4) is 0 Å². The van der Waals surface area contributed by atoms with Crippen molar-refractivity contribution in [2.45, 2.75) is 55.4 Å². The Morgan fingerprint density at radius 2 is 1.14 bits per heavy atom. The monoisotopic (exact) mass is 311 g/mol. The number of aromatic nitrogens is 1. The van der Waals surface area contributed by atoms with Gasteiger partial charge >= 0.3 is 0 Å². The maximum absolute atomic E-state index is 12.3. The van der Waals surface area contributed by atoms with E-state index in [4.69, 9.17) is 0 Å². The van der Waals surface area contributed by atoms with Crippen LogP contribution in [-0.2, 0) is 0 Å². The lowest BCUT2D eigenvalue weighted by atomic mass is 10.2. The van der Waals surface area contributed by atoms with Gasteiger partial charge in [-0.3, -0.25) is 4.98 Å². The zero-order valence-electron chi connectivity index (χ0n) is 15.2. The number of benzene rings is 1. The van der Waals surface area contributed by atoms with Crippen LogP contribution in [0.4, 0.5) is 8.78 Å². The zero-order chi connectivity index (χ0) is 18.0. The molecule has 0 atom stereocenters. The molecule has 0 spiro atoms. The van der Waals surface area contributed by atoms with E-state index >= 15 is 0 Å². The molecule has 0 N–H and O–H groups in total. The molecule has 126 valence electrons. The minimum Gasteiger partial charge on any atom is -0.259 e. The van der Waals surface area contributed by atoms with Gasteiger partial charge in [0.2, 0.25) is 0 Å². The topological polar surface area (TPSA) is 12.9 Å². The molecule has 0 bridgehead atoms. The highest BCUT2D eigenvalue weighted by Gasteiger charge is 1.90. The lowest BCUT2D eigenvalue weighted by Gasteiger charge is -1.89. The summed E-state index contributed by atoms with van der Waals surface area (Å²) in [4.78, 5) is 3.70. The molecule has 0 amide bonds. The number of hydrogen-bond donors (Lipinski definition) is 0. The van der Waals surface area contributed by atoms with Gasteiger partial charge < -0.3 is 0 Å². The van der Waals surface area contributed by atoms with Crippen LogP contribution in [0.5, 0.6) is 0 Å². The van der Waals surface area contributed by atoms with E-state index in [0.717, 1.165) is 0 Å². The van der Waals surface area contributed by atoms with Gasteiger partial charge in [-0.15, -0.1) is 0 Å². The number of aryl methyl sites for hydroxylation is 2. The van der Waals surface area contributed by atoms with Crippen molar-refractivity contribution >= 4 is 0 Å². The largest absolute Gasteiger partial charge is 0.259 e. The highest BCUT2D eigenvalue weighted by atomic mass is 19.1. The summed E-state index contributed by atoms with van der Waals surface area (Å²) in [5.74, 6) is -0.375. The first-order valence-corrected chi connectivity index (χ1v) is 7.89. The molecule has 0 aliphatic heterocycles. The summed E-state index contributed by atoms with van der Waals surface area (Å²) < 4.78 is 24.6. The second-order valence-electron chi connectivity index (χ2n) is 3.32. The van der Waals surface area contributed by atoms with Gasteiger partial charge in [-0.2, -0.15) is 0 Å². The fourth-order valence-corrected chi connectivity index (χ4v) is 1.02. The van der Waals surface area contributed by atoms with Crippen LogP contribution in [0.1, 0.15) is 52.8 Å². The van der Waals surface area contributed by atoms with Crippen LogP contribution in [0.15, 0.2) is 42.6 Å². The standard InChI is InChI=1S/C7H7F.C6H6FN.3C2H6/c1-6-4-2-3-5-7(6)8;1-5-6(7)3-2-4-8-5;3*1-2/h2-5H,1H3;2-4H,1H3;3*1-2H3. The summed E-state index contributed by atoms with van der Waals surface area (Å²) >= 11 is 0. The van der Waals surface area contributed by atoms with E-state index in [1.54, 1.807) is 38.2 Å². The van der Waals surface area contributed by atoms with Gasteiger partial charge in [0, 0.05) is 6.20 Å². The molecule has 1 heterocycles. The van der Waals surface area contributed by atoms with Crippen LogP contribution in [0.25, 0.3) is 0 Å². The van der Waals surface area contributed by atoms with E-state index in [-0.39, 0.29) is 11.6 Å². The van der Waals surface area contributed by atoms with E-state index in [2.05, 4.69) is 4.98 Å². The van der Waals surface area contributed by atoms with E-state index < -0.39 is 0 Å². The molecule has 2 aromatic rings. The summed E-state index contributed by atoms with van der Waals surface area (Å²) in [6.45, 7) is 15.4. The van der Waals surface area contributed by atoms with Crippen molar-refractivity contribution in [3.05, 3.63) is 65.5 Å². The number of hydrogen-bond acceptors (Lipinski definition) is 1. The van der Waals surface area contributed by atoms with Crippen molar-refractivity contribution in [1.29, 1.82) is 0 Å². The quantitative estimate of drug-likeness (QED) is 0.525. The van der Waals surface area contributed by atoms with Crippen LogP contribution >= 0.6 is 0 Å². The van der Waals surface area contributed by atoms with Crippen molar-refractivity contribution < 1.29 is 8.78 Å². The first kappa shape index (κ1) is 25.2. The summed E-state index contributed by atoms with van der Waals surface area (Å²) in [5.41, 5.74) is 1.15. The van der Waals surface area contributed by atoms with E-state index in [9.17, 15) is 8.78 Å². The minimum absolute atomic E-state index is 0.132. The normalized spacial score (nSPS) is 7.55. The molecule has 0 saturated heterocycles. The van der Waals surface area contributed by atoms with Gasteiger partial charge in [-0.1, -0.05) is 59.7 Å². The van der Waals surface area contributed by atoms with Crippen molar-refractivity contribution in [2.75, 3.05) is 0 Å². The number of halogens is 2. The number of rotatable bonds is 0. The molecule has 3 heteroatoms. The highest BCUT2D eigenvalue weighted by Crippen LogP contribution is 2.02. The second kappa shape index (κ2) is 19.2. The van der Waals surface area contributed by atoms with Gasteiger partial charge in [-0.05, 0) is 37.6 Å². The fourth-order valence-electron chi connectivity index (χ4n) is 1.02. The average Bonchev–Trinajstić information content (AvgIpc) is 2.59. The van der Waals surface area contributed by atoms with E-state index in [0.29, 0.717) is 11.3 Å². The van der Waals surface area contributed by atoms with E-state index in [1.807, 2.05) is 47.6 Å². The van der Waals surface area contributed by atoms with Crippen molar-refractivity contribution in [1.82, 2.24) is 4.98 Å². The first-order valence-electron chi connectivity index (χ1n) is 7.89. The molecule has 1 aromatic carbocycles. The average molecular weight is 311 g/mol. The van der Waals surface area contributed by atoms with Gasteiger partial charge in [0.25, 0.3) is 0 Å². The van der Waals surface area contributed by atoms with Crippen LogP contribution in [0, 0.1) is 25.5 Å². The summed E-state index contributed by atoms with van der Waals surface area (Å²) in [6, 6.07) is 9.66. The molecule has 22 heavy (non-hydrogen) atoms. The SMILES string of the molecule is CC.CC.CC.Cc1ccccc1F.Cc1ncccc1F. The second-order valence-corrected chi connectivity index (χ2v) is 3.32. The predicted molar refractivity (Wildman–Crippen MR) is 94.1 cm³/mol. The van der Waals surface area contributed by atoms with Crippen LogP contribution in [0.2, 0.25) is 0 Å². The van der Waals surface area contributed by atoms with Gasteiger partial charge in [0.05, 0.1) is 5.69 Å². The summed E-state index contributed by atoms with van der Waals surface area (Å²) in [6.07, 6.45) is 1.57. The van der Waals surface area contributed by atoms with Crippen molar-refractivity contribution in [3.63, 3.8) is 0 Å². The Hall–Kier alpha value is -1.77. The summed E-state index contributed by atoms with van der Waals surface area (Å²) in [5, 5.41) is 0. The Kier molecular flexibility index (Phi) is 22.0. The maximum atomic E-state index is 12.3. The molecule has 0 fully saturated rings. The molecule has 1 nitrogen and oxygen atoms in total. The lowest BCUT2D eigenvalue weighted by Crippen LogP contribution is -1.82. The van der Waals surface area contributed by atoms with Crippen molar-refractivity contribution in [2.24, 2.45) is 0 Å². The third-order valence-corrected chi connectivity index (χ3v) is 2.02. The minimum atomic E-state index is -0.243. The third kappa shape index (κ3) is 13.2. The Morgan fingerprint density at radius 1 is 0.682 bits per heavy atom. The number of pyridine rings is 1. The Morgan fingerprint density at radius 3 is 1.41 bits per heavy atom. The predicted octanol–water partition coefficient (Wildman–Crippen LogP) is 6.74.